The molecule has 8 heteroatoms. The van der Waals surface area contributed by atoms with Crippen molar-refractivity contribution in [3.05, 3.63) is 0 Å². The molecule has 6 nitrogen and oxygen atoms in total. The van der Waals surface area contributed by atoms with Crippen molar-refractivity contribution in [2.24, 2.45) is 11.1 Å². The molecule has 1 aliphatic rings. The summed E-state index contributed by atoms with van der Waals surface area (Å²) < 4.78 is 43.3. The van der Waals surface area contributed by atoms with Gasteiger partial charge in [0, 0.05) is 6.54 Å². The highest BCUT2D eigenvalue weighted by Crippen LogP contribution is 2.16. The van der Waals surface area contributed by atoms with E-state index >= 15 is 0 Å². The molecule has 0 bridgehead atoms. The Labute approximate surface area is 90.2 Å². The Kier molecular flexibility index (Phi) is 4.10. The zero-order chi connectivity index (χ0) is 11.5. The number of nitrogens with two attached hydrogens (primary N) is 1. The van der Waals surface area contributed by atoms with Gasteiger partial charge in [-0.2, -0.15) is 0 Å². The first-order chi connectivity index (χ1) is 6.79. The van der Waals surface area contributed by atoms with E-state index in [1.54, 1.807) is 0 Å². The molecule has 1 rings (SSSR count). The standard InChI is InChI=1S/C7H16N2O4S2/c8-15(12,13)4-2-9-5-7-1-3-14(10,11)6-7/h7,9H,1-6H2,(H2,8,12,13). The van der Waals surface area contributed by atoms with Crippen LogP contribution >= 0.6 is 0 Å². The largest absolute Gasteiger partial charge is 0.315 e. The summed E-state index contributed by atoms with van der Waals surface area (Å²) in [6.07, 6.45) is 0.657. The first kappa shape index (κ1) is 12.9. The average molecular weight is 256 g/mol. The average Bonchev–Trinajstić information content (AvgIpc) is 2.38. The SMILES string of the molecule is NS(=O)(=O)CCNCC1CCS(=O)(=O)C1. The fraction of sp³-hybridized carbons (Fsp3) is 1.00. The van der Waals surface area contributed by atoms with Crippen LogP contribution in [0.2, 0.25) is 0 Å². The van der Waals surface area contributed by atoms with Crippen molar-refractivity contribution in [2.75, 3.05) is 30.3 Å². The number of primary sulfonamides is 1. The lowest BCUT2D eigenvalue weighted by atomic mass is 10.1. The molecule has 1 unspecified atom stereocenters. The molecule has 1 fully saturated rings. The highest BCUT2D eigenvalue weighted by molar-refractivity contribution is 7.91. The maximum Gasteiger partial charge on any atom is 0.210 e. The van der Waals surface area contributed by atoms with E-state index in [0.29, 0.717) is 13.0 Å². The van der Waals surface area contributed by atoms with Crippen LogP contribution in [0.3, 0.4) is 0 Å². The van der Waals surface area contributed by atoms with E-state index in [1.165, 1.54) is 0 Å². The Morgan fingerprint density at radius 2 is 2.07 bits per heavy atom. The summed E-state index contributed by atoms with van der Waals surface area (Å²) >= 11 is 0. The van der Waals surface area contributed by atoms with E-state index in [1.807, 2.05) is 0 Å². The quantitative estimate of drug-likeness (QED) is 0.570. The summed E-state index contributed by atoms with van der Waals surface area (Å²) in [5.74, 6) is 0.437. The van der Waals surface area contributed by atoms with Crippen LogP contribution < -0.4 is 10.5 Å². The molecule has 1 atom stereocenters. The van der Waals surface area contributed by atoms with E-state index in [9.17, 15) is 16.8 Å². The second-order valence-electron chi connectivity index (χ2n) is 3.84. The number of nitrogens with one attached hydrogen (secondary N) is 1. The van der Waals surface area contributed by atoms with Gasteiger partial charge in [-0.1, -0.05) is 0 Å². The molecule has 0 saturated carbocycles. The molecular formula is C7H16N2O4S2. The Morgan fingerprint density at radius 3 is 2.53 bits per heavy atom. The molecule has 0 aromatic rings. The summed E-state index contributed by atoms with van der Waals surface area (Å²) in [6.45, 7) is 0.810. The number of sulfonamides is 1. The molecule has 1 saturated heterocycles. The Bertz CT molecular complexity index is 401. The summed E-state index contributed by atoms with van der Waals surface area (Å²) in [6, 6.07) is 0. The molecule has 15 heavy (non-hydrogen) atoms. The maximum atomic E-state index is 11.1. The van der Waals surface area contributed by atoms with Crippen molar-refractivity contribution in [1.29, 1.82) is 0 Å². The van der Waals surface area contributed by atoms with E-state index in [4.69, 9.17) is 5.14 Å². The van der Waals surface area contributed by atoms with Gasteiger partial charge >= 0.3 is 0 Å². The van der Waals surface area contributed by atoms with Gasteiger partial charge < -0.3 is 5.32 Å². The second kappa shape index (κ2) is 4.77. The van der Waals surface area contributed by atoms with Crippen molar-refractivity contribution < 1.29 is 16.8 Å². The fourth-order valence-corrected chi connectivity index (χ4v) is 3.84. The van der Waals surface area contributed by atoms with Crippen LogP contribution in [0.4, 0.5) is 0 Å². The summed E-state index contributed by atoms with van der Waals surface area (Å²) in [7, 11) is -6.27. The van der Waals surface area contributed by atoms with E-state index in [-0.39, 0.29) is 29.7 Å². The molecule has 3 N–H and O–H groups in total. The number of sulfone groups is 1. The third-order valence-corrected chi connectivity index (χ3v) is 4.93. The van der Waals surface area contributed by atoms with Crippen LogP contribution in [-0.4, -0.2) is 47.2 Å². The molecule has 1 heterocycles. The summed E-state index contributed by atoms with van der Waals surface area (Å²) in [4.78, 5) is 0. The van der Waals surface area contributed by atoms with Crippen LogP contribution in [-0.2, 0) is 19.9 Å². The number of rotatable bonds is 5. The third kappa shape index (κ3) is 5.45. The molecule has 90 valence electrons. The van der Waals surface area contributed by atoms with Gasteiger partial charge in [0.25, 0.3) is 0 Å². The lowest BCUT2D eigenvalue weighted by Gasteiger charge is -2.08. The van der Waals surface area contributed by atoms with Crippen LogP contribution in [0.15, 0.2) is 0 Å². The monoisotopic (exact) mass is 256 g/mol. The molecule has 0 aromatic heterocycles. The molecule has 1 aliphatic heterocycles. The van der Waals surface area contributed by atoms with Gasteiger partial charge in [0.2, 0.25) is 10.0 Å². The number of hydrogen-bond donors (Lipinski definition) is 2. The van der Waals surface area contributed by atoms with E-state index in [0.717, 1.165) is 0 Å². The van der Waals surface area contributed by atoms with Crippen molar-refractivity contribution in [1.82, 2.24) is 5.32 Å². The highest BCUT2D eigenvalue weighted by atomic mass is 32.2. The molecule has 0 amide bonds. The van der Waals surface area contributed by atoms with Crippen molar-refractivity contribution in [2.45, 2.75) is 6.42 Å². The van der Waals surface area contributed by atoms with Gasteiger partial charge in [-0.05, 0) is 18.9 Å². The molecule has 0 radical (unpaired) electrons. The van der Waals surface area contributed by atoms with E-state index < -0.39 is 19.9 Å². The minimum Gasteiger partial charge on any atom is -0.315 e. The van der Waals surface area contributed by atoms with Crippen LogP contribution in [0.25, 0.3) is 0 Å². The lowest BCUT2D eigenvalue weighted by Crippen LogP contribution is -2.30. The molecular weight excluding hydrogens is 240 g/mol. The summed E-state index contributed by atoms with van der Waals surface area (Å²) in [5.41, 5.74) is 0. The first-order valence-corrected chi connectivity index (χ1v) is 8.24. The van der Waals surface area contributed by atoms with Crippen molar-refractivity contribution >= 4 is 19.9 Å². The molecule has 0 aromatic carbocycles. The Morgan fingerprint density at radius 1 is 1.40 bits per heavy atom. The van der Waals surface area contributed by atoms with Crippen molar-refractivity contribution in [3.8, 4) is 0 Å². The van der Waals surface area contributed by atoms with Gasteiger partial charge in [0.1, 0.15) is 0 Å². The van der Waals surface area contributed by atoms with Gasteiger partial charge in [-0.25, -0.2) is 22.0 Å². The predicted octanol–water partition coefficient (Wildman–Crippen LogP) is -1.70. The molecule has 0 aliphatic carbocycles. The van der Waals surface area contributed by atoms with Gasteiger partial charge in [-0.15, -0.1) is 0 Å². The maximum absolute atomic E-state index is 11.1. The smallest absolute Gasteiger partial charge is 0.210 e. The highest BCUT2D eigenvalue weighted by Gasteiger charge is 2.27. The third-order valence-electron chi connectivity index (χ3n) is 2.32. The van der Waals surface area contributed by atoms with Crippen LogP contribution in [0.5, 0.6) is 0 Å². The first-order valence-electron chi connectivity index (χ1n) is 4.70. The van der Waals surface area contributed by atoms with Crippen LogP contribution in [0.1, 0.15) is 6.42 Å². The normalized spacial score (nSPS) is 25.5. The number of hydrogen-bond acceptors (Lipinski definition) is 5. The van der Waals surface area contributed by atoms with Gasteiger partial charge in [0.15, 0.2) is 9.84 Å². The Balaban J connectivity index is 2.18. The minimum absolute atomic E-state index is 0.107. The second-order valence-corrected chi connectivity index (χ2v) is 7.80. The zero-order valence-electron chi connectivity index (χ0n) is 8.35. The zero-order valence-corrected chi connectivity index (χ0v) is 9.98. The van der Waals surface area contributed by atoms with Gasteiger partial charge in [-0.3, -0.25) is 0 Å². The topological polar surface area (TPSA) is 106 Å². The van der Waals surface area contributed by atoms with Gasteiger partial charge in [0.05, 0.1) is 17.3 Å². The van der Waals surface area contributed by atoms with Crippen molar-refractivity contribution in [3.63, 3.8) is 0 Å². The van der Waals surface area contributed by atoms with Crippen LogP contribution in [0, 0.1) is 5.92 Å². The fourth-order valence-electron chi connectivity index (χ4n) is 1.55. The minimum atomic E-state index is -3.42. The van der Waals surface area contributed by atoms with E-state index in [2.05, 4.69) is 5.32 Å². The Hall–Kier alpha value is -0.180. The summed E-state index contributed by atoms with van der Waals surface area (Å²) in [5, 5.41) is 7.71. The predicted molar refractivity (Wildman–Crippen MR) is 57.6 cm³/mol. The lowest BCUT2D eigenvalue weighted by molar-refractivity contribution is 0.528. The molecule has 0 spiro atoms.